The molecule has 3 aliphatic carbocycles. The summed E-state index contributed by atoms with van der Waals surface area (Å²) in [6.07, 6.45) is -5.83. The number of hydrogen-bond donors (Lipinski definition) is 5. The Kier molecular flexibility index (Phi) is 4.02. The summed E-state index contributed by atoms with van der Waals surface area (Å²) < 4.78 is 5.54. The highest BCUT2D eigenvalue weighted by molar-refractivity contribution is 5.96. The van der Waals surface area contributed by atoms with Crippen LogP contribution >= 0.6 is 0 Å². The highest BCUT2D eigenvalue weighted by Crippen LogP contribution is 2.68. The van der Waals surface area contributed by atoms with Gasteiger partial charge in [0, 0.05) is 28.6 Å². The first-order valence-electron chi connectivity index (χ1n) is 9.66. The lowest BCUT2D eigenvalue weighted by molar-refractivity contribution is -0.338. The van der Waals surface area contributed by atoms with Gasteiger partial charge in [-0.05, 0) is 19.9 Å². The van der Waals surface area contributed by atoms with Crippen LogP contribution in [0.4, 0.5) is 0 Å². The summed E-state index contributed by atoms with van der Waals surface area (Å²) in [5.74, 6) is -3.65. The Morgan fingerprint density at radius 2 is 1.64 bits per heavy atom. The van der Waals surface area contributed by atoms with E-state index >= 15 is 0 Å². The number of ether oxygens (including phenoxy) is 1. The molecule has 1 heterocycles. The van der Waals surface area contributed by atoms with E-state index in [2.05, 4.69) is 0 Å². The van der Waals surface area contributed by atoms with Crippen molar-refractivity contribution in [2.45, 2.75) is 70.2 Å². The summed E-state index contributed by atoms with van der Waals surface area (Å²) in [6.45, 7) is 6.33. The molecule has 0 spiro atoms. The third-order valence-electron chi connectivity index (χ3n) is 8.34. The molecule has 0 aromatic heterocycles. The number of aliphatic hydroxyl groups is 5. The van der Waals surface area contributed by atoms with E-state index in [1.807, 2.05) is 0 Å². The number of hydrogen-bond acceptors (Lipinski definition) is 8. The molecular formula is C20H28O8. The van der Waals surface area contributed by atoms with Crippen LogP contribution < -0.4 is 0 Å². The Morgan fingerprint density at radius 1 is 1.04 bits per heavy atom. The van der Waals surface area contributed by atoms with Gasteiger partial charge in [-0.3, -0.25) is 9.59 Å². The van der Waals surface area contributed by atoms with Crippen molar-refractivity contribution < 1.29 is 39.9 Å². The molecule has 0 bridgehead atoms. The number of rotatable bonds is 0. The lowest BCUT2D eigenvalue weighted by Crippen LogP contribution is -2.80. The molecule has 11 unspecified atom stereocenters. The van der Waals surface area contributed by atoms with E-state index in [0.717, 1.165) is 0 Å². The van der Waals surface area contributed by atoms with Gasteiger partial charge in [0.15, 0.2) is 5.78 Å². The van der Waals surface area contributed by atoms with Crippen LogP contribution in [0, 0.1) is 28.6 Å². The molecule has 4 aliphatic rings. The van der Waals surface area contributed by atoms with Crippen LogP contribution in [0.1, 0.15) is 34.1 Å². The first kappa shape index (κ1) is 20.0. The van der Waals surface area contributed by atoms with Crippen LogP contribution in [0.5, 0.6) is 0 Å². The van der Waals surface area contributed by atoms with Crippen LogP contribution in [-0.2, 0) is 14.3 Å². The predicted molar refractivity (Wildman–Crippen MR) is 94.6 cm³/mol. The minimum Gasteiger partial charge on any atom is -0.459 e. The number of ketones is 1. The van der Waals surface area contributed by atoms with Gasteiger partial charge in [-0.15, -0.1) is 0 Å². The maximum atomic E-state index is 12.5. The Morgan fingerprint density at radius 3 is 2.25 bits per heavy atom. The molecule has 0 amide bonds. The fourth-order valence-electron chi connectivity index (χ4n) is 7.25. The fraction of sp³-hybridized carbons (Fsp3) is 0.800. The summed E-state index contributed by atoms with van der Waals surface area (Å²) in [5, 5.41) is 55.0. The monoisotopic (exact) mass is 396 g/mol. The zero-order valence-corrected chi connectivity index (χ0v) is 16.4. The van der Waals surface area contributed by atoms with Gasteiger partial charge >= 0.3 is 5.97 Å². The quantitative estimate of drug-likeness (QED) is 0.325. The molecule has 11 atom stereocenters. The SMILES string of the molecule is CC1=CC(=O)C(O)C2(C)C1C(O)C1OC(=O)CC3C(C)(O)C(O)C(O)C2C13C. The van der Waals surface area contributed by atoms with Crippen LogP contribution in [0.2, 0.25) is 0 Å². The second kappa shape index (κ2) is 5.64. The van der Waals surface area contributed by atoms with Crippen LogP contribution in [-0.4, -0.2) is 73.4 Å². The third kappa shape index (κ3) is 2.02. The molecule has 2 saturated carbocycles. The van der Waals surface area contributed by atoms with Gasteiger partial charge in [0.25, 0.3) is 0 Å². The van der Waals surface area contributed by atoms with Gasteiger partial charge in [-0.2, -0.15) is 0 Å². The first-order valence-corrected chi connectivity index (χ1v) is 9.66. The van der Waals surface area contributed by atoms with Gasteiger partial charge < -0.3 is 30.3 Å². The molecule has 5 N–H and O–H groups in total. The van der Waals surface area contributed by atoms with Crippen LogP contribution in [0.25, 0.3) is 0 Å². The van der Waals surface area contributed by atoms with Crippen LogP contribution in [0.15, 0.2) is 11.6 Å². The highest BCUT2D eigenvalue weighted by Gasteiger charge is 2.77. The smallest absolute Gasteiger partial charge is 0.306 e. The lowest BCUT2D eigenvalue weighted by Gasteiger charge is -2.71. The first-order chi connectivity index (χ1) is 12.8. The van der Waals surface area contributed by atoms with E-state index < -0.39 is 76.5 Å². The second-order valence-corrected chi connectivity index (χ2v) is 9.70. The van der Waals surface area contributed by atoms with E-state index in [4.69, 9.17) is 4.74 Å². The zero-order chi connectivity index (χ0) is 21.0. The van der Waals surface area contributed by atoms with Crippen molar-refractivity contribution in [1.82, 2.24) is 0 Å². The van der Waals surface area contributed by atoms with E-state index in [1.54, 1.807) is 20.8 Å². The number of fused-ring (bicyclic) bond motifs is 2. The summed E-state index contributed by atoms with van der Waals surface area (Å²) in [4.78, 5) is 24.8. The number of carbonyl (C=O) groups is 2. The Bertz CT molecular complexity index is 774. The molecule has 1 saturated heterocycles. The number of aliphatic hydroxyl groups excluding tert-OH is 4. The second-order valence-electron chi connectivity index (χ2n) is 9.70. The molecular weight excluding hydrogens is 368 g/mol. The van der Waals surface area contributed by atoms with E-state index in [1.165, 1.54) is 13.0 Å². The number of esters is 1. The highest BCUT2D eigenvalue weighted by atomic mass is 16.6. The fourth-order valence-corrected chi connectivity index (χ4v) is 7.25. The lowest BCUT2D eigenvalue weighted by atomic mass is 9.37. The predicted octanol–water partition coefficient (Wildman–Crippen LogP) is -1.09. The average molecular weight is 396 g/mol. The molecule has 0 aromatic rings. The zero-order valence-electron chi connectivity index (χ0n) is 16.4. The molecule has 28 heavy (non-hydrogen) atoms. The van der Waals surface area contributed by atoms with Crippen molar-refractivity contribution in [1.29, 1.82) is 0 Å². The molecule has 156 valence electrons. The third-order valence-corrected chi connectivity index (χ3v) is 8.34. The van der Waals surface area contributed by atoms with Crippen molar-refractivity contribution >= 4 is 11.8 Å². The van der Waals surface area contributed by atoms with Gasteiger partial charge in [-0.1, -0.05) is 19.4 Å². The Hall–Kier alpha value is -1.32. The largest absolute Gasteiger partial charge is 0.459 e. The van der Waals surface area contributed by atoms with E-state index in [0.29, 0.717) is 5.57 Å². The minimum absolute atomic E-state index is 0.202. The van der Waals surface area contributed by atoms with Gasteiger partial charge in [0.2, 0.25) is 0 Å². The molecule has 4 rings (SSSR count). The van der Waals surface area contributed by atoms with Crippen molar-refractivity contribution in [2.24, 2.45) is 28.6 Å². The summed E-state index contributed by atoms with van der Waals surface area (Å²) in [6, 6.07) is 0. The Balaban J connectivity index is 2.01. The van der Waals surface area contributed by atoms with Crippen LogP contribution in [0.3, 0.4) is 0 Å². The van der Waals surface area contributed by atoms with Crippen molar-refractivity contribution in [3.63, 3.8) is 0 Å². The normalized spacial score (nSPS) is 58.4. The number of carbonyl (C=O) groups excluding carboxylic acids is 2. The van der Waals surface area contributed by atoms with E-state index in [9.17, 15) is 35.1 Å². The Labute approximate surface area is 162 Å². The molecule has 8 nitrogen and oxygen atoms in total. The molecule has 0 aromatic carbocycles. The van der Waals surface area contributed by atoms with Crippen molar-refractivity contribution in [3.8, 4) is 0 Å². The molecule has 1 aliphatic heterocycles. The van der Waals surface area contributed by atoms with Crippen molar-refractivity contribution in [2.75, 3.05) is 0 Å². The summed E-state index contributed by atoms with van der Waals surface area (Å²) >= 11 is 0. The van der Waals surface area contributed by atoms with Gasteiger partial charge in [0.1, 0.15) is 18.3 Å². The molecule has 0 radical (unpaired) electrons. The molecule has 8 heteroatoms. The minimum atomic E-state index is -1.82. The maximum absolute atomic E-state index is 12.5. The maximum Gasteiger partial charge on any atom is 0.306 e. The summed E-state index contributed by atoms with van der Waals surface area (Å²) in [7, 11) is 0. The topological polar surface area (TPSA) is 145 Å². The van der Waals surface area contributed by atoms with Gasteiger partial charge in [0.05, 0.1) is 24.2 Å². The van der Waals surface area contributed by atoms with E-state index in [-0.39, 0.29) is 6.42 Å². The van der Waals surface area contributed by atoms with Gasteiger partial charge in [-0.25, -0.2) is 0 Å². The summed E-state index contributed by atoms with van der Waals surface area (Å²) in [5.41, 5.74) is -3.79. The average Bonchev–Trinajstić information content (AvgIpc) is 2.58. The standard InChI is InChI=1S/C20H28O8/c1-7-5-8(21)15(25)19(3)11(7)12(23)17-18(2)9(6-10(22)28-17)20(4,27)16(26)13(24)14(18)19/h5,9,11-17,23-27H,6H2,1-4H3. The molecule has 3 fully saturated rings. The van der Waals surface area contributed by atoms with Crippen molar-refractivity contribution in [3.05, 3.63) is 11.6 Å².